The second kappa shape index (κ2) is 10.3. The SMILES string of the molecule is CC(=O)N(C)c1cnn(C(=O)N2CCN(CC3CCC(N4CCOCC4)CC3C)CC2)c1. The Bertz CT molecular complexity index is 784. The Kier molecular flexibility index (Phi) is 7.48. The van der Waals surface area contributed by atoms with Gasteiger partial charge in [-0.1, -0.05) is 6.92 Å². The molecular weight excluding hydrogens is 408 g/mol. The van der Waals surface area contributed by atoms with E-state index in [0.29, 0.717) is 18.8 Å². The summed E-state index contributed by atoms with van der Waals surface area (Å²) in [5.74, 6) is 1.39. The van der Waals surface area contributed by atoms with Crippen LogP contribution in [0.5, 0.6) is 0 Å². The molecule has 9 nitrogen and oxygen atoms in total. The van der Waals surface area contributed by atoms with Crippen LogP contribution in [0.1, 0.15) is 33.1 Å². The molecule has 1 aliphatic carbocycles. The highest BCUT2D eigenvalue weighted by Crippen LogP contribution is 2.33. The average molecular weight is 447 g/mol. The number of morpholine rings is 1. The number of carbonyl (C=O) groups excluding carboxylic acids is 2. The highest BCUT2D eigenvalue weighted by molar-refractivity contribution is 5.91. The van der Waals surface area contributed by atoms with Gasteiger partial charge in [0.2, 0.25) is 5.91 Å². The van der Waals surface area contributed by atoms with Gasteiger partial charge >= 0.3 is 6.03 Å². The zero-order chi connectivity index (χ0) is 22.7. The number of aromatic nitrogens is 2. The lowest BCUT2D eigenvalue weighted by molar-refractivity contribution is -0.116. The molecule has 3 unspecified atom stereocenters. The van der Waals surface area contributed by atoms with Gasteiger partial charge in [0.1, 0.15) is 0 Å². The van der Waals surface area contributed by atoms with E-state index in [1.165, 1.54) is 35.8 Å². The lowest BCUT2D eigenvalue weighted by Crippen LogP contribution is -2.52. The average Bonchev–Trinajstić information content (AvgIpc) is 3.30. The summed E-state index contributed by atoms with van der Waals surface area (Å²) in [6, 6.07) is 0.605. The van der Waals surface area contributed by atoms with Gasteiger partial charge in [0, 0.05) is 65.8 Å². The van der Waals surface area contributed by atoms with Crippen molar-refractivity contribution in [2.45, 2.75) is 39.2 Å². The van der Waals surface area contributed by atoms with Crippen molar-refractivity contribution < 1.29 is 14.3 Å². The van der Waals surface area contributed by atoms with E-state index in [1.54, 1.807) is 19.4 Å². The number of piperazine rings is 1. The highest BCUT2D eigenvalue weighted by atomic mass is 16.5. The molecule has 0 bridgehead atoms. The van der Waals surface area contributed by atoms with Crippen LogP contribution < -0.4 is 4.90 Å². The van der Waals surface area contributed by atoms with E-state index in [0.717, 1.165) is 63.8 Å². The Morgan fingerprint density at radius 1 is 1.12 bits per heavy atom. The van der Waals surface area contributed by atoms with Crippen LogP contribution in [0, 0.1) is 11.8 Å². The Morgan fingerprint density at radius 2 is 1.84 bits per heavy atom. The summed E-state index contributed by atoms with van der Waals surface area (Å²) >= 11 is 0. The van der Waals surface area contributed by atoms with Gasteiger partial charge < -0.3 is 14.5 Å². The molecule has 3 atom stereocenters. The van der Waals surface area contributed by atoms with Crippen LogP contribution in [-0.2, 0) is 9.53 Å². The first-order valence-corrected chi connectivity index (χ1v) is 12.0. The first-order valence-electron chi connectivity index (χ1n) is 12.0. The first-order chi connectivity index (χ1) is 15.4. The Labute approximate surface area is 191 Å². The smallest absolute Gasteiger partial charge is 0.344 e. The zero-order valence-electron chi connectivity index (χ0n) is 19.8. The lowest BCUT2D eigenvalue weighted by atomic mass is 9.77. The Balaban J connectivity index is 1.23. The molecule has 2 aliphatic heterocycles. The van der Waals surface area contributed by atoms with Crippen molar-refractivity contribution in [1.82, 2.24) is 24.5 Å². The molecule has 2 amide bonds. The summed E-state index contributed by atoms with van der Waals surface area (Å²) < 4.78 is 6.86. The standard InChI is InChI=1S/C23H38N6O3/c1-18-14-21(27-10-12-32-13-11-27)5-4-20(18)16-26-6-8-28(9-7-26)23(31)29-17-22(15-24-29)25(3)19(2)30/h15,17-18,20-21H,4-14,16H2,1-3H3. The van der Waals surface area contributed by atoms with E-state index in [9.17, 15) is 9.59 Å². The predicted octanol–water partition coefficient (Wildman–Crippen LogP) is 1.59. The molecule has 0 N–H and O–H groups in total. The molecule has 3 aliphatic rings. The van der Waals surface area contributed by atoms with Gasteiger partial charge in [-0.2, -0.15) is 9.78 Å². The minimum Gasteiger partial charge on any atom is -0.379 e. The van der Waals surface area contributed by atoms with Gasteiger partial charge in [-0.05, 0) is 31.1 Å². The molecule has 0 aromatic carbocycles. The summed E-state index contributed by atoms with van der Waals surface area (Å²) in [7, 11) is 1.68. The zero-order valence-corrected chi connectivity index (χ0v) is 19.8. The maximum absolute atomic E-state index is 12.8. The molecule has 2 saturated heterocycles. The summed E-state index contributed by atoms with van der Waals surface area (Å²) in [6.07, 6.45) is 7.07. The van der Waals surface area contributed by atoms with Crippen molar-refractivity contribution in [3.63, 3.8) is 0 Å². The fraction of sp³-hybridized carbons (Fsp3) is 0.783. The summed E-state index contributed by atoms with van der Waals surface area (Å²) in [5, 5.41) is 4.17. The van der Waals surface area contributed by atoms with E-state index in [4.69, 9.17) is 4.74 Å². The predicted molar refractivity (Wildman–Crippen MR) is 123 cm³/mol. The van der Waals surface area contributed by atoms with Crippen LogP contribution in [0.3, 0.4) is 0 Å². The van der Waals surface area contributed by atoms with Gasteiger partial charge in [-0.15, -0.1) is 0 Å². The molecule has 32 heavy (non-hydrogen) atoms. The minimum absolute atomic E-state index is 0.0844. The number of carbonyl (C=O) groups is 2. The van der Waals surface area contributed by atoms with Crippen LogP contribution in [0.25, 0.3) is 0 Å². The molecule has 0 spiro atoms. The number of hydrogen-bond acceptors (Lipinski definition) is 6. The Morgan fingerprint density at radius 3 is 2.50 bits per heavy atom. The minimum atomic E-state index is -0.118. The van der Waals surface area contributed by atoms with E-state index in [2.05, 4.69) is 21.8 Å². The van der Waals surface area contributed by atoms with Crippen LogP contribution in [0.2, 0.25) is 0 Å². The quantitative estimate of drug-likeness (QED) is 0.699. The second-order valence-corrected chi connectivity index (χ2v) is 9.64. The second-order valence-electron chi connectivity index (χ2n) is 9.64. The summed E-state index contributed by atoms with van der Waals surface area (Å²) in [4.78, 5) is 32.9. The van der Waals surface area contributed by atoms with Gasteiger partial charge in [0.15, 0.2) is 0 Å². The van der Waals surface area contributed by atoms with Gasteiger partial charge in [0.25, 0.3) is 0 Å². The molecule has 178 valence electrons. The van der Waals surface area contributed by atoms with E-state index in [1.807, 2.05) is 4.90 Å². The number of amides is 2. The van der Waals surface area contributed by atoms with Gasteiger partial charge in [-0.3, -0.25) is 14.6 Å². The largest absolute Gasteiger partial charge is 0.379 e. The highest BCUT2D eigenvalue weighted by Gasteiger charge is 2.33. The van der Waals surface area contributed by atoms with Gasteiger partial charge in [0.05, 0.1) is 31.3 Å². The normalized spacial score (nSPS) is 28.0. The molecule has 3 fully saturated rings. The van der Waals surface area contributed by atoms with Crippen LogP contribution in [-0.4, -0.2) is 109 Å². The van der Waals surface area contributed by atoms with E-state index in [-0.39, 0.29) is 11.9 Å². The van der Waals surface area contributed by atoms with Gasteiger partial charge in [-0.25, -0.2) is 4.79 Å². The number of ether oxygens (including phenoxy) is 1. The lowest BCUT2D eigenvalue weighted by Gasteiger charge is -2.43. The first kappa shape index (κ1) is 23.2. The van der Waals surface area contributed by atoms with Crippen molar-refractivity contribution in [2.24, 2.45) is 11.8 Å². The fourth-order valence-electron chi connectivity index (χ4n) is 5.35. The van der Waals surface area contributed by atoms with Crippen LogP contribution in [0.4, 0.5) is 10.5 Å². The van der Waals surface area contributed by atoms with Crippen molar-refractivity contribution in [1.29, 1.82) is 0 Å². The molecular formula is C23H38N6O3. The molecule has 1 saturated carbocycles. The molecule has 0 radical (unpaired) electrons. The van der Waals surface area contributed by atoms with Crippen molar-refractivity contribution >= 4 is 17.6 Å². The maximum atomic E-state index is 12.8. The van der Waals surface area contributed by atoms with E-state index < -0.39 is 0 Å². The number of anilines is 1. The molecule has 1 aromatic rings. The number of hydrogen-bond donors (Lipinski definition) is 0. The molecule has 1 aromatic heterocycles. The third-order valence-electron chi connectivity index (χ3n) is 7.64. The van der Waals surface area contributed by atoms with Crippen LogP contribution >= 0.6 is 0 Å². The van der Waals surface area contributed by atoms with Crippen LogP contribution in [0.15, 0.2) is 12.4 Å². The number of nitrogens with zero attached hydrogens (tertiary/aromatic N) is 6. The fourth-order valence-corrected chi connectivity index (χ4v) is 5.35. The maximum Gasteiger partial charge on any atom is 0.344 e. The Hall–Kier alpha value is -1.97. The molecule has 4 rings (SSSR count). The third kappa shape index (κ3) is 5.32. The topological polar surface area (TPSA) is 74.2 Å². The van der Waals surface area contributed by atoms with Crippen molar-refractivity contribution in [3.05, 3.63) is 12.4 Å². The molecule has 9 heteroatoms. The summed E-state index contributed by atoms with van der Waals surface area (Å²) in [6.45, 7) is 12.2. The third-order valence-corrected chi connectivity index (χ3v) is 7.64. The summed E-state index contributed by atoms with van der Waals surface area (Å²) in [5.41, 5.74) is 0.631. The monoisotopic (exact) mass is 446 g/mol. The van der Waals surface area contributed by atoms with E-state index >= 15 is 0 Å². The van der Waals surface area contributed by atoms with Crippen molar-refractivity contribution in [2.75, 3.05) is 71.0 Å². The van der Waals surface area contributed by atoms with Crippen molar-refractivity contribution in [3.8, 4) is 0 Å². The molecule has 3 heterocycles. The number of rotatable bonds is 4.